The highest BCUT2D eigenvalue weighted by Crippen LogP contribution is 2.39. The van der Waals surface area contributed by atoms with Crippen molar-refractivity contribution in [3.8, 4) is 0 Å². The van der Waals surface area contributed by atoms with Crippen molar-refractivity contribution < 1.29 is 14.3 Å². The number of rotatable bonds is 4. The summed E-state index contributed by atoms with van der Waals surface area (Å²) in [5.41, 5.74) is 16.8. The first-order valence-corrected chi connectivity index (χ1v) is 8.91. The van der Waals surface area contributed by atoms with Crippen LogP contribution in [0.4, 0.5) is 0 Å². The lowest BCUT2D eigenvalue weighted by atomic mass is 9.85. The van der Waals surface area contributed by atoms with Crippen molar-refractivity contribution in [1.82, 2.24) is 4.98 Å². The van der Waals surface area contributed by atoms with Gasteiger partial charge in [-0.2, -0.15) is 0 Å². The Morgan fingerprint density at radius 3 is 2.72 bits per heavy atom. The van der Waals surface area contributed by atoms with Crippen LogP contribution < -0.4 is 11.5 Å². The molecule has 1 unspecified atom stereocenters. The molecule has 1 atom stereocenters. The number of aryl methyl sites for hydroxylation is 2. The fourth-order valence-electron chi connectivity index (χ4n) is 4.41. The Kier molecular flexibility index (Phi) is 4.00. The van der Waals surface area contributed by atoms with Crippen LogP contribution in [0.25, 0.3) is 10.9 Å². The Labute approximate surface area is 145 Å². The van der Waals surface area contributed by atoms with Crippen molar-refractivity contribution in [2.45, 2.75) is 44.4 Å². The van der Waals surface area contributed by atoms with Gasteiger partial charge in [-0.15, -0.1) is 0 Å². The van der Waals surface area contributed by atoms with E-state index < -0.39 is 11.8 Å². The number of amides is 2. The van der Waals surface area contributed by atoms with Crippen molar-refractivity contribution in [3.05, 3.63) is 34.0 Å². The highest BCUT2D eigenvalue weighted by Gasteiger charge is 2.29. The molecule has 1 saturated heterocycles. The van der Waals surface area contributed by atoms with Gasteiger partial charge in [0.05, 0.1) is 13.0 Å². The Balaban J connectivity index is 2.04. The van der Waals surface area contributed by atoms with Crippen molar-refractivity contribution in [2.75, 3.05) is 13.2 Å². The first-order valence-electron chi connectivity index (χ1n) is 8.91. The molecule has 1 aliphatic heterocycles. The third-order valence-corrected chi connectivity index (χ3v) is 5.50. The molecule has 1 aromatic heterocycles. The minimum atomic E-state index is -0.510. The van der Waals surface area contributed by atoms with E-state index in [-0.39, 0.29) is 12.3 Å². The Morgan fingerprint density at radius 2 is 2.04 bits per heavy atom. The van der Waals surface area contributed by atoms with Crippen LogP contribution in [0.1, 0.15) is 57.9 Å². The molecule has 1 fully saturated rings. The van der Waals surface area contributed by atoms with Crippen LogP contribution in [0, 0.1) is 0 Å². The number of hydrogen-bond acceptors (Lipinski definition) is 3. The third-order valence-electron chi connectivity index (χ3n) is 5.50. The number of fused-ring (bicyclic) bond motifs is 3. The summed E-state index contributed by atoms with van der Waals surface area (Å²) in [5, 5.41) is 1.07. The summed E-state index contributed by atoms with van der Waals surface area (Å²) in [4.78, 5) is 27.4. The van der Waals surface area contributed by atoms with Crippen molar-refractivity contribution in [2.24, 2.45) is 11.5 Å². The van der Waals surface area contributed by atoms with Gasteiger partial charge in [-0.1, -0.05) is 0 Å². The van der Waals surface area contributed by atoms with Crippen LogP contribution in [0.2, 0.25) is 0 Å². The van der Waals surface area contributed by atoms with Gasteiger partial charge < -0.3 is 21.2 Å². The molecule has 0 spiro atoms. The van der Waals surface area contributed by atoms with Crippen molar-refractivity contribution >= 4 is 22.7 Å². The summed E-state index contributed by atoms with van der Waals surface area (Å²) in [6, 6.07) is 1.86. The van der Waals surface area contributed by atoms with Crippen LogP contribution in [0.5, 0.6) is 0 Å². The van der Waals surface area contributed by atoms with Gasteiger partial charge in [0.25, 0.3) is 0 Å². The molecule has 2 aliphatic rings. The number of H-pyrrole nitrogens is 1. The lowest BCUT2D eigenvalue weighted by Gasteiger charge is -2.18. The Morgan fingerprint density at radius 1 is 1.24 bits per heavy atom. The van der Waals surface area contributed by atoms with Crippen LogP contribution in [-0.2, 0) is 28.8 Å². The second-order valence-corrected chi connectivity index (χ2v) is 7.10. The van der Waals surface area contributed by atoms with Gasteiger partial charge in [0.2, 0.25) is 11.8 Å². The highest BCUT2D eigenvalue weighted by molar-refractivity contribution is 6.03. The van der Waals surface area contributed by atoms with Gasteiger partial charge >= 0.3 is 0 Å². The zero-order valence-corrected chi connectivity index (χ0v) is 14.2. The molecule has 1 aromatic carbocycles. The van der Waals surface area contributed by atoms with Crippen molar-refractivity contribution in [3.63, 3.8) is 0 Å². The molecule has 25 heavy (non-hydrogen) atoms. The number of benzene rings is 1. The van der Waals surface area contributed by atoms with Crippen LogP contribution in [0.3, 0.4) is 0 Å². The fraction of sp³-hybridized carbons (Fsp3) is 0.474. The summed E-state index contributed by atoms with van der Waals surface area (Å²) in [5.74, 6) is -0.821. The van der Waals surface area contributed by atoms with E-state index in [0.717, 1.165) is 42.1 Å². The van der Waals surface area contributed by atoms with Gasteiger partial charge in [0.15, 0.2) is 0 Å². The number of carbonyl (C=O) groups excluding carboxylic acids is 2. The molecular formula is C19H23N3O3. The molecule has 2 aromatic rings. The predicted molar refractivity (Wildman–Crippen MR) is 94.5 cm³/mol. The minimum absolute atomic E-state index is 0.0176. The molecule has 2 heterocycles. The molecule has 0 bridgehead atoms. The number of primary amides is 2. The Hall–Kier alpha value is -2.34. The lowest BCUT2D eigenvalue weighted by Crippen LogP contribution is -2.22. The zero-order chi connectivity index (χ0) is 17.6. The van der Waals surface area contributed by atoms with E-state index >= 15 is 0 Å². The van der Waals surface area contributed by atoms with Gasteiger partial charge in [-0.05, 0) is 54.9 Å². The molecule has 0 radical (unpaired) electrons. The lowest BCUT2D eigenvalue weighted by molar-refractivity contribution is -0.117. The van der Waals surface area contributed by atoms with E-state index in [9.17, 15) is 9.59 Å². The second kappa shape index (κ2) is 6.19. The zero-order valence-electron chi connectivity index (χ0n) is 14.2. The maximum absolute atomic E-state index is 12.1. The van der Waals surface area contributed by atoms with Crippen LogP contribution in [0.15, 0.2) is 6.07 Å². The molecule has 132 valence electrons. The molecule has 0 saturated carbocycles. The molecular weight excluding hydrogens is 318 g/mol. The summed E-state index contributed by atoms with van der Waals surface area (Å²) >= 11 is 0. The summed E-state index contributed by atoms with van der Waals surface area (Å²) < 4.78 is 5.58. The molecule has 1 aliphatic carbocycles. The summed E-state index contributed by atoms with van der Waals surface area (Å²) in [6.07, 6.45) is 5.22. The standard InChI is InChI=1S/C19H23N3O3/c20-16(23)8-12-14(19(21)24)7-13-11-3-1-2-4-15(11)22-18(13)17(12)10-5-6-25-9-10/h7,10,22H,1-6,8-9H2,(H2,20,23)(H2,21,24). The SMILES string of the molecule is NC(=O)Cc1c(C(N)=O)cc2c3c([nH]c2c1C1CCOC1)CCCC3. The van der Waals surface area contributed by atoms with E-state index in [1.165, 1.54) is 17.7 Å². The molecule has 4 rings (SSSR count). The molecule has 2 amide bonds. The van der Waals surface area contributed by atoms with E-state index in [4.69, 9.17) is 16.2 Å². The fourth-order valence-corrected chi connectivity index (χ4v) is 4.41. The van der Waals surface area contributed by atoms with Gasteiger partial charge in [0.1, 0.15) is 0 Å². The third kappa shape index (κ3) is 2.70. The summed E-state index contributed by atoms with van der Waals surface area (Å²) in [7, 11) is 0. The van der Waals surface area contributed by atoms with Gasteiger partial charge in [-0.25, -0.2) is 0 Å². The predicted octanol–water partition coefficient (Wildman–Crippen LogP) is 1.68. The first kappa shape index (κ1) is 16.1. The highest BCUT2D eigenvalue weighted by atomic mass is 16.5. The van der Waals surface area contributed by atoms with E-state index in [2.05, 4.69) is 4.98 Å². The van der Waals surface area contributed by atoms with Gasteiger partial charge in [-0.3, -0.25) is 9.59 Å². The number of aromatic nitrogens is 1. The monoisotopic (exact) mass is 341 g/mol. The van der Waals surface area contributed by atoms with E-state index in [1.54, 1.807) is 0 Å². The second-order valence-electron chi connectivity index (χ2n) is 7.10. The maximum Gasteiger partial charge on any atom is 0.249 e. The maximum atomic E-state index is 12.1. The average molecular weight is 341 g/mol. The van der Waals surface area contributed by atoms with E-state index in [1.807, 2.05) is 6.07 Å². The largest absolute Gasteiger partial charge is 0.381 e. The number of nitrogens with two attached hydrogens (primary N) is 2. The number of carbonyl (C=O) groups is 2. The molecule has 6 nitrogen and oxygen atoms in total. The number of nitrogens with one attached hydrogen (secondary N) is 1. The Bertz CT molecular complexity index is 863. The summed E-state index contributed by atoms with van der Waals surface area (Å²) in [6.45, 7) is 1.27. The molecule has 5 N–H and O–H groups in total. The van der Waals surface area contributed by atoms with Crippen LogP contribution >= 0.6 is 0 Å². The number of aromatic amines is 1. The van der Waals surface area contributed by atoms with E-state index in [0.29, 0.717) is 24.3 Å². The number of hydrogen-bond donors (Lipinski definition) is 3. The first-order chi connectivity index (χ1) is 12.1. The van der Waals surface area contributed by atoms with Crippen molar-refractivity contribution in [1.29, 1.82) is 0 Å². The van der Waals surface area contributed by atoms with Gasteiger partial charge in [0, 0.05) is 34.7 Å². The van der Waals surface area contributed by atoms with Crippen LogP contribution in [-0.4, -0.2) is 30.0 Å². The molecule has 6 heteroatoms. The normalized spacial score (nSPS) is 19.9. The minimum Gasteiger partial charge on any atom is -0.381 e. The smallest absolute Gasteiger partial charge is 0.249 e. The topological polar surface area (TPSA) is 111 Å². The number of ether oxygens (including phenoxy) is 1. The average Bonchev–Trinajstić information content (AvgIpc) is 3.20. The quantitative estimate of drug-likeness (QED) is 0.786.